The molecule has 1 radical (unpaired) electrons. The fourth-order valence-electron chi connectivity index (χ4n) is 3.53. The van der Waals surface area contributed by atoms with Gasteiger partial charge in [0.05, 0.1) is 0 Å². The first-order valence-corrected chi connectivity index (χ1v) is 13.3. The third-order valence-electron chi connectivity index (χ3n) is 5.63. The molecule has 0 unspecified atom stereocenters. The second-order valence-corrected chi connectivity index (χ2v) is 9.22. The van der Waals surface area contributed by atoms with Gasteiger partial charge in [0.15, 0.2) is 0 Å². The summed E-state index contributed by atoms with van der Waals surface area (Å²) in [5, 5.41) is 30.3. The van der Waals surface area contributed by atoms with E-state index in [2.05, 4.69) is 0 Å². The topological polar surface area (TPSA) is 172 Å². The molecule has 0 aliphatic rings. The quantitative estimate of drug-likeness (QED) is 0.176. The van der Waals surface area contributed by atoms with Crippen LogP contribution in [0.1, 0.15) is 55.2 Å². The van der Waals surface area contributed by atoms with E-state index in [1.165, 1.54) is 0 Å². The average Bonchev–Trinajstić information content (AvgIpc) is 2.95. The van der Waals surface area contributed by atoms with Crippen molar-refractivity contribution in [2.75, 3.05) is 0 Å². The van der Waals surface area contributed by atoms with Crippen LogP contribution >= 0.6 is 0 Å². The predicted molar refractivity (Wildman–Crippen MR) is 148 cm³/mol. The van der Waals surface area contributed by atoms with Gasteiger partial charge in [-0.05, 0) is 36.0 Å². The van der Waals surface area contributed by atoms with Gasteiger partial charge in [-0.25, -0.2) is 0 Å². The molecule has 3 aromatic carbocycles. The molecule has 0 N–H and O–H groups in total. The zero-order valence-corrected chi connectivity index (χ0v) is 24.7. The van der Waals surface area contributed by atoms with Crippen molar-refractivity contribution < 1.29 is 61.2 Å². The predicted octanol–water partition coefficient (Wildman–Crippen LogP) is 0.982. The van der Waals surface area contributed by atoms with Crippen molar-refractivity contribution in [1.82, 2.24) is 0 Å². The molecule has 0 spiro atoms. The first-order chi connectivity index (χ1) is 20.0. The van der Waals surface area contributed by atoms with E-state index in [-0.39, 0.29) is 53.7 Å². The van der Waals surface area contributed by atoms with Gasteiger partial charge in [-0.3, -0.25) is 14.4 Å². The van der Waals surface area contributed by atoms with Crippen LogP contribution in [0.3, 0.4) is 0 Å². The van der Waals surface area contributed by atoms with Gasteiger partial charge in [-0.15, -0.1) is 0 Å². The number of benzene rings is 3. The van der Waals surface area contributed by atoms with Crippen LogP contribution in [0.4, 0.5) is 0 Å². The molecule has 0 amide bonds. The SMILES string of the molecule is O=C([O-])CC(=O)CCc1ccccc1.O=C([O-])CC(=O)CCc1ccccc1.O=C([O-])CC(=O)CCc1ccccc1.[Fe+3]. The van der Waals surface area contributed by atoms with E-state index >= 15 is 0 Å². The van der Waals surface area contributed by atoms with Crippen LogP contribution in [0.2, 0.25) is 0 Å². The summed E-state index contributed by atoms with van der Waals surface area (Å²) in [5.41, 5.74) is 3.12. The summed E-state index contributed by atoms with van der Waals surface area (Å²) in [7, 11) is 0. The molecule has 0 aromatic heterocycles. The molecule has 0 aliphatic heterocycles. The normalized spacial score (nSPS) is 9.49. The molecule has 0 heterocycles. The Morgan fingerprint density at radius 3 is 0.791 bits per heavy atom. The number of carboxylic acids is 3. The fourth-order valence-corrected chi connectivity index (χ4v) is 3.53. The number of carbonyl (C=O) groups excluding carboxylic acids is 6. The van der Waals surface area contributed by atoms with Crippen molar-refractivity contribution in [3.63, 3.8) is 0 Å². The summed E-state index contributed by atoms with van der Waals surface area (Å²) >= 11 is 0. The third-order valence-corrected chi connectivity index (χ3v) is 5.63. The summed E-state index contributed by atoms with van der Waals surface area (Å²) in [6, 6.07) is 28.5. The molecule has 0 atom stereocenters. The second kappa shape index (κ2) is 23.2. The van der Waals surface area contributed by atoms with Gasteiger partial charge >= 0.3 is 17.1 Å². The summed E-state index contributed by atoms with van der Waals surface area (Å²) in [6.45, 7) is 0. The van der Waals surface area contributed by atoms with Crippen LogP contribution in [-0.4, -0.2) is 35.3 Å². The van der Waals surface area contributed by atoms with Gasteiger partial charge in [0, 0.05) is 56.4 Å². The molecule has 0 bridgehead atoms. The van der Waals surface area contributed by atoms with E-state index in [0.29, 0.717) is 19.3 Å². The summed E-state index contributed by atoms with van der Waals surface area (Å²) in [5.74, 6) is -4.76. The van der Waals surface area contributed by atoms with Crippen LogP contribution in [-0.2, 0) is 65.1 Å². The number of carbonyl (C=O) groups is 6. The van der Waals surface area contributed by atoms with Crippen LogP contribution in [0.15, 0.2) is 91.0 Å². The largest absolute Gasteiger partial charge is 3.00 e. The Balaban J connectivity index is 0.000000608. The molecule has 10 heteroatoms. The average molecular weight is 629 g/mol. The van der Waals surface area contributed by atoms with E-state index in [1.54, 1.807) is 0 Å². The Bertz CT molecular complexity index is 1120. The number of aliphatic carboxylic acids is 3. The standard InChI is InChI=1S/3C11H12O3.Fe/c3*12-10(8-11(13)14)7-6-9-4-2-1-3-5-9;/h3*1-5H,6-8H2,(H,13,14);/q;;;+3/p-3. The number of rotatable bonds is 15. The summed E-state index contributed by atoms with van der Waals surface area (Å²) in [6.07, 6.45) is 1.12. The van der Waals surface area contributed by atoms with E-state index < -0.39 is 37.2 Å². The number of aryl methyl sites for hydroxylation is 3. The van der Waals surface area contributed by atoms with Crippen molar-refractivity contribution >= 4 is 35.3 Å². The number of hydrogen-bond acceptors (Lipinski definition) is 9. The van der Waals surface area contributed by atoms with Gasteiger partial charge in [-0.2, -0.15) is 0 Å². The monoisotopic (exact) mass is 629 g/mol. The Hall–Kier alpha value is -4.40. The second-order valence-electron chi connectivity index (χ2n) is 9.22. The van der Waals surface area contributed by atoms with Crippen LogP contribution in [0.5, 0.6) is 0 Å². The molecule has 43 heavy (non-hydrogen) atoms. The summed E-state index contributed by atoms with van der Waals surface area (Å²) < 4.78 is 0. The van der Waals surface area contributed by atoms with Gasteiger partial charge < -0.3 is 29.7 Å². The van der Waals surface area contributed by atoms with Crippen LogP contribution in [0, 0.1) is 0 Å². The smallest absolute Gasteiger partial charge is 0.550 e. The Morgan fingerprint density at radius 1 is 0.395 bits per heavy atom. The zero-order chi connectivity index (χ0) is 31.2. The molecule has 0 saturated carbocycles. The van der Waals surface area contributed by atoms with E-state index in [9.17, 15) is 44.1 Å². The molecule has 0 fully saturated rings. The van der Waals surface area contributed by atoms with Gasteiger partial charge in [0.1, 0.15) is 17.3 Å². The Kier molecular flexibility index (Phi) is 20.8. The van der Waals surface area contributed by atoms with Gasteiger partial charge in [0.2, 0.25) is 0 Å². The molecule has 0 aliphatic carbocycles. The van der Waals surface area contributed by atoms with Crippen molar-refractivity contribution in [3.05, 3.63) is 108 Å². The first-order valence-electron chi connectivity index (χ1n) is 13.3. The minimum Gasteiger partial charge on any atom is -0.550 e. The van der Waals surface area contributed by atoms with E-state index in [4.69, 9.17) is 0 Å². The molecule has 3 rings (SSSR count). The Morgan fingerprint density at radius 2 is 0.605 bits per heavy atom. The minimum absolute atomic E-state index is 0. The van der Waals surface area contributed by atoms with Crippen molar-refractivity contribution in [3.8, 4) is 0 Å². The molecule has 0 saturated heterocycles. The van der Waals surface area contributed by atoms with Crippen LogP contribution in [0.25, 0.3) is 0 Å². The molecule has 3 aromatic rings. The maximum atomic E-state index is 11.0. The molecule has 227 valence electrons. The Labute approximate surface area is 261 Å². The van der Waals surface area contributed by atoms with Crippen LogP contribution < -0.4 is 15.3 Å². The zero-order valence-electron chi connectivity index (χ0n) is 23.6. The maximum Gasteiger partial charge on any atom is 3.00 e. The van der Waals surface area contributed by atoms with E-state index in [1.807, 2.05) is 91.0 Å². The van der Waals surface area contributed by atoms with Crippen molar-refractivity contribution in [2.45, 2.75) is 57.8 Å². The van der Waals surface area contributed by atoms with Crippen molar-refractivity contribution in [1.29, 1.82) is 0 Å². The van der Waals surface area contributed by atoms with E-state index in [0.717, 1.165) is 16.7 Å². The summed E-state index contributed by atoms with van der Waals surface area (Å²) in [4.78, 5) is 63.3. The minimum atomic E-state index is -1.30. The van der Waals surface area contributed by atoms with Gasteiger partial charge in [0.25, 0.3) is 0 Å². The number of hydrogen-bond donors (Lipinski definition) is 0. The fraction of sp³-hybridized carbons (Fsp3) is 0.273. The molecular weight excluding hydrogens is 596 g/mol. The van der Waals surface area contributed by atoms with Gasteiger partial charge in [-0.1, -0.05) is 91.0 Å². The molecule has 9 nitrogen and oxygen atoms in total. The first kappa shape index (κ1) is 38.6. The maximum absolute atomic E-state index is 11.0. The van der Waals surface area contributed by atoms with Crippen molar-refractivity contribution in [2.24, 2.45) is 0 Å². The molecular formula is C33H33FeO9. The third kappa shape index (κ3) is 21.9. The number of carboxylic acid groups (broad SMARTS) is 3. The number of ketones is 3. The number of Topliss-reactive ketones (excluding diaryl/α,β-unsaturated/α-hetero) is 3.